The molecule has 0 radical (unpaired) electrons. The van der Waals surface area contributed by atoms with Gasteiger partial charge >= 0.3 is 6.09 Å². The molecule has 3 aliphatic heterocycles. The Morgan fingerprint density at radius 1 is 0.719 bits per heavy atom. The third-order valence-electron chi connectivity index (χ3n) is 12.6. The van der Waals surface area contributed by atoms with Crippen LogP contribution in [0, 0.1) is 11.7 Å². The number of carboxylic acid groups (broad SMARTS) is 1. The van der Waals surface area contributed by atoms with Crippen molar-refractivity contribution in [3.63, 3.8) is 0 Å². The molecule has 4 N–H and O–H groups in total. The third-order valence-corrected chi connectivity index (χ3v) is 12.6. The molecule has 5 atom stereocenters. The van der Waals surface area contributed by atoms with Crippen molar-refractivity contribution in [3.05, 3.63) is 126 Å². The number of nitrogens with one attached hydrogen (secondary N) is 3. The zero-order valence-electron chi connectivity index (χ0n) is 36.5. The van der Waals surface area contributed by atoms with E-state index in [1.54, 1.807) is 29.2 Å². The van der Waals surface area contributed by atoms with Gasteiger partial charge in [0.15, 0.2) is 0 Å². The first-order valence-electron chi connectivity index (χ1n) is 22.3. The molecule has 0 aromatic heterocycles. The molecule has 338 valence electrons. The van der Waals surface area contributed by atoms with E-state index in [0.717, 1.165) is 28.8 Å². The van der Waals surface area contributed by atoms with Crippen LogP contribution < -0.4 is 20.9 Å². The lowest BCUT2D eigenvalue weighted by Crippen LogP contribution is -2.55. The molecule has 3 saturated heterocycles. The second-order valence-corrected chi connectivity index (χ2v) is 16.7. The van der Waals surface area contributed by atoms with Gasteiger partial charge in [-0.25, -0.2) is 9.18 Å². The Morgan fingerprint density at radius 2 is 1.25 bits per heavy atom. The predicted molar refractivity (Wildman–Crippen MR) is 242 cm³/mol. The van der Waals surface area contributed by atoms with Crippen molar-refractivity contribution in [3.8, 4) is 0 Å². The average molecular weight is 876 g/mol. The van der Waals surface area contributed by atoms with Crippen molar-refractivity contribution in [2.75, 3.05) is 54.9 Å². The maximum atomic E-state index is 14.1. The second-order valence-electron chi connectivity index (χ2n) is 16.7. The number of benzene rings is 4. The molecule has 7 rings (SSSR count). The molecule has 3 aliphatic rings. The number of carbonyl (C=O) groups excluding carboxylic acids is 4. The summed E-state index contributed by atoms with van der Waals surface area (Å²) < 4.78 is 19.5. The maximum absolute atomic E-state index is 14.1. The van der Waals surface area contributed by atoms with Gasteiger partial charge in [0, 0.05) is 55.8 Å². The van der Waals surface area contributed by atoms with E-state index in [9.17, 15) is 33.5 Å². The number of hydrogen-bond donors (Lipinski definition) is 4. The zero-order valence-corrected chi connectivity index (χ0v) is 36.5. The van der Waals surface area contributed by atoms with Gasteiger partial charge in [0.1, 0.15) is 30.0 Å². The Kier molecular flexibility index (Phi) is 15.3. The van der Waals surface area contributed by atoms with Crippen LogP contribution >= 0.6 is 0 Å². The van der Waals surface area contributed by atoms with Gasteiger partial charge in [0.05, 0.1) is 6.61 Å². The SMILES string of the molecule is CCN(CC)[C@@H](C(=O)N1CCC[C@H]1C(=O)Nc1ccc(CN(Cc2ccc(NC(=O)[C@@H]3CCCN3C(=O)[C@@H](NC(=O)O)[C@H]3CCOC3)cc2)c2ccc(F)cc2)cc1)c1ccccc1. The van der Waals surface area contributed by atoms with Crippen LogP contribution in [0.2, 0.25) is 0 Å². The molecule has 4 aromatic carbocycles. The van der Waals surface area contributed by atoms with Crippen LogP contribution in [0.25, 0.3) is 0 Å². The number of likely N-dealkylation sites (tertiary alicyclic amines) is 2. The van der Waals surface area contributed by atoms with Gasteiger partial charge in [0.2, 0.25) is 23.6 Å². The molecular formula is C49H58FN7O7. The van der Waals surface area contributed by atoms with Crippen LogP contribution in [0.5, 0.6) is 0 Å². The quantitative estimate of drug-likeness (QED) is 0.0911. The monoisotopic (exact) mass is 875 g/mol. The summed E-state index contributed by atoms with van der Waals surface area (Å²) in [4.78, 5) is 74.0. The van der Waals surface area contributed by atoms with Crippen LogP contribution in [-0.4, -0.2) is 107 Å². The molecule has 15 heteroatoms. The summed E-state index contributed by atoms with van der Waals surface area (Å²) in [6, 6.07) is 28.2. The minimum atomic E-state index is -1.30. The largest absolute Gasteiger partial charge is 0.465 e. The topological polar surface area (TPSA) is 164 Å². The lowest BCUT2D eigenvalue weighted by atomic mass is 9.97. The van der Waals surface area contributed by atoms with E-state index in [1.165, 1.54) is 17.0 Å². The summed E-state index contributed by atoms with van der Waals surface area (Å²) in [6.45, 7) is 7.99. The van der Waals surface area contributed by atoms with Crippen LogP contribution in [0.4, 0.5) is 26.2 Å². The van der Waals surface area contributed by atoms with Crippen molar-refractivity contribution in [2.45, 2.75) is 83.2 Å². The highest BCUT2D eigenvalue weighted by molar-refractivity contribution is 5.99. The lowest BCUT2D eigenvalue weighted by Gasteiger charge is -2.34. The van der Waals surface area contributed by atoms with Gasteiger partial charge in [-0.15, -0.1) is 0 Å². The standard InChI is InChI=1S/C49H58FN7O7/c1-3-54(4-2)44(35-10-6-5-7-11-35)48(61)57-28-9-13-42(57)46(59)52-39-22-16-34(17-23-39)31-55(40-24-18-37(50)19-25-40)30-33-14-20-38(21-15-33)51-45(58)41-12-8-27-56(41)47(60)43(53-49(62)63)36-26-29-64-32-36/h5-7,10-11,14-25,36,41-44,53H,3-4,8-9,12-13,26-32H2,1-2H3,(H,51,58)(H,52,59)(H,62,63)/t36-,41-,42-,43-,44+/m0/s1. The van der Waals surface area contributed by atoms with Crippen LogP contribution in [0.3, 0.4) is 0 Å². The Balaban J connectivity index is 0.981. The summed E-state index contributed by atoms with van der Waals surface area (Å²) in [6.07, 6.45) is 1.66. The number of ether oxygens (including phenoxy) is 1. The number of amides is 5. The number of likely N-dealkylation sites (N-methyl/N-ethyl adjacent to an activating group) is 1. The van der Waals surface area contributed by atoms with Crippen molar-refractivity contribution in [2.24, 2.45) is 5.92 Å². The Morgan fingerprint density at radius 3 is 1.73 bits per heavy atom. The minimum absolute atomic E-state index is 0.0650. The van der Waals surface area contributed by atoms with Gasteiger partial charge in [-0.1, -0.05) is 68.4 Å². The molecule has 4 aromatic rings. The van der Waals surface area contributed by atoms with Crippen LogP contribution in [0.15, 0.2) is 103 Å². The molecule has 64 heavy (non-hydrogen) atoms. The zero-order chi connectivity index (χ0) is 45.2. The Bertz CT molecular complexity index is 2220. The van der Waals surface area contributed by atoms with E-state index in [2.05, 4.69) is 25.8 Å². The summed E-state index contributed by atoms with van der Waals surface area (Å²) in [5.41, 5.74) is 4.75. The van der Waals surface area contributed by atoms with Crippen LogP contribution in [0.1, 0.15) is 68.7 Å². The van der Waals surface area contributed by atoms with Crippen LogP contribution in [-0.2, 0) is 37.0 Å². The molecular weight excluding hydrogens is 818 g/mol. The summed E-state index contributed by atoms with van der Waals surface area (Å²) >= 11 is 0. The van der Waals surface area contributed by atoms with Gasteiger partial charge in [-0.3, -0.25) is 24.1 Å². The number of hydrogen-bond acceptors (Lipinski definition) is 8. The fourth-order valence-corrected chi connectivity index (χ4v) is 9.17. The summed E-state index contributed by atoms with van der Waals surface area (Å²) in [7, 11) is 0. The number of halogens is 1. The molecule has 0 spiro atoms. The van der Waals surface area contributed by atoms with Gasteiger partial charge < -0.3 is 40.5 Å². The van der Waals surface area contributed by atoms with Gasteiger partial charge in [-0.2, -0.15) is 0 Å². The van der Waals surface area contributed by atoms with Crippen molar-refractivity contribution >= 4 is 46.8 Å². The normalized spacial score (nSPS) is 19.3. The Labute approximate surface area is 373 Å². The van der Waals surface area contributed by atoms with E-state index in [4.69, 9.17) is 4.74 Å². The van der Waals surface area contributed by atoms with E-state index < -0.39 is 36.2 Å². The third kappa shape index (κ3) is 11.1. The Hall–Kier alpha value is -6.32. The summed E-state index contributed by atoms with van der Waals surface area (Å²) in [5, 5.41) is 17.8. The minimum Gasteiger partial charge on any atom is -0.465 e. The van der Waals surface area contributed by atoms with Crippen molar-refractivity contribution in [1.82, 2.24) is 20.0 Å². The fourth-order valence-electron chi connectivity index (χ4n) is 9.17. The molecule has 3 fully saturated rings. The smallest absolute Gasteiger partial charge is 0.405 e. The van der Waals surface area contributed by atoms with Crippen molar-refractivity contribution in [1.29, 1.82) is 0 Å². The van der Waals surface area contributed by atoms with E-state index in [0.29, 0.717) is 82.9 Å². The van der Waals surface area contributed by atoms with Crippen molar-refractivity contribution < 1.29 is 38.2 Å². The molecule has 0 saturated carbocycles. The summed E-state index contributed by atoms with van der Waals surface area (Å²) in [5.74, 6) is -1.69. The fraction of sp³-hybridized carbons (Fsp3) is 0.408. The highest BCUT2D eigenvalue weighted by Crippen LogP contribution is 2.30. The molecule has 5 amide bonds. The molecule has 3 heterocycles. The highest BCUT2D eigenvalue weighted by Gasteiger charge is 2.42. The van der Waals surface area contributed by atoms with E-state index in [-0.39, 0.29) is 36.1 Å². The lowest BCUT2D eigenvalue weighted by molar-refractivity contribution is -0.141. The molecule has 14 nitrogen and oxygen atoms in total. The molecule has 0 unspecified atom stereocenters. The number of carbonyl (C=O) groups is 5. The average Bonchev–Trinajstić information content (AvgIpc) is 4.12. The first-order valence-corrected chi connectivity index (χ1v) is 22.3. The number of rotatable bonds is 17. The first kappa shape index (κ1) is 45.7. The predicted octanol–water partition coefficient (Wildman–Crippen LogP) is 6.65. The number of anilines is 3. The molecule has 0 aliphatic carbocycles. The highest BCUT2D eigenvalue weighted by atomic mass is 19.1. The first-order chi connectivity index (χ1) is 31.0. The van der Waals surface area contributed by atoms with E-state index >= 15 is 0 Å². The molecule has 0 bridgehead atoms. The maximum Gasteiger partial charge on any atom is 0.405 e. The number of nitrogens with zero attached hydrogens (tertiary/aromatic N) is 4. The second kappa shape index (κ2) is 21.4. The van der Waals surface area contributed by atoms with Gasteiger partial charge in [0.25, 0.3) is 0 Å². The van der Waals surface area contributed by atoms with Gasteiger partial charge in [-0.05, 0) is 110 Å². The van der Waals surface area contributed by atoms with E-state index in [1.807, 2.05) is 80.6 Å².